The quantitative estimate of drug-likeness (QED) is 0.421. The fraction of sp³-hybridized carbons (Fsp3) is 0.111. The van der Waals surface area contributed by atoms with Crippen molar-refractivity contribution in [2.75, 3.05) is 5.32 Å². The molecular formula is C18H15N3O3S. The number of nitro groups is 1. The SMILES string of the molecule is CC(Sc1ccc2ccccc2n1)C(=O)Nc1ccccc1[N+](=O)[O-]. The molecule has 0 bridgehead atoms. The molecule has 0 aliphatic heterocycles. The number of benzene rings is 2. The minimum Gasteiger partial charge on any atom is -0.319 e. The number of amides is 1. The molecule has 2 aromatic carbocycles. The standard InChI is InChI=1S/C18H15N3O3S/c1-12(18(22)20-15-8-4-5-9-16(15)21(23)24)25-17-11-10-13-6-2-3-7-14(13)19-17/h2-12H,1H3,(H,20,22). The number of hydrogen-bond donors (Lipinski definition) is 1. The van der Waals surface area contributed by atoms with Crippen molar-refractivity contribution in [2.24, 2.45) is 0 Å². The van der Waals surface area contributed by atoms with Crippen molar-refractivity contribution in [3.63, 3.8) is 0 Å². The predicted molar refractivity (Wildman–Crippen MR) is 98.8 cm³/mol. The highest BCUT2D eigenvalue weighted by atomic mass is 32.2. The lowest BCUT2D eigenvalue weighted by atomic mass is 10.2. The number of carbonyl (C=O) groups excluding carboxylic acids is 1. The zero-order valence-corrected chi connectivity index (χ0v) is 14.2. The molecule has 1 heterocycles. The molecule has 0 saturated heterocycles. The number of rotatable bonds is 5. The molecule has 1 amide bonds. The first-order valence-corrected chi connectivity index (χ1v) is 8.49. The minimum atomic E-state index is -0.516. The van der Waals surface area contributed by atoms with E-state index in [4.69, 9.17) is 0 Å². The minimum absolute atomic E-state index is 0.128. The number of nitrogens with one attached hydrogen (secondary N) is 1. The Morgan fingerprint density at radius 1 is 1.12 bits per heavy atom. The third kappa shape index (κ3) is 3.95. The number of thioether (sulfide) groups is 1. The van der Waals surface area contributed by atoms with Crippen LogP contribution < -0.4 is 5.32 Å². The van der Waals surface area contributed by atoms with Crippen LogP contribution in [-0.4, -0.2) is 21.1 Å². The molecule has 1 atom stereocenters. The number of nitrogens with zero attached hydrogens (tertiary/aromatic N) is 2. The summed E-state index contributed by atoms with van der Waals surface area (Å²) >= 11 is 1.31. The molecule has 0 saturated carbocycles. The highest BCUT2D eigenvalue weighted by Crippen LogP contribution is 2.27. The molecule has 1 N–H and O–H groups in total. The second-order valence-corrected chi connectivity index (χ2v) is 6.73. The zero-order valence-electron chi connectivity index (χ0n) is 13.4. The van der Waals surface area contributed by atoms with E-state index in [1.165, 1.54) is 23.9 Å². The molecule has 0 spiro atoms. The van der Waals surface area contributed by atoms with Crippen molar-refractivity contribution < 1.29 is 9.72 Å². The first-order chi connectivity index (χ1) is 12.0. The van der Waals surface area contributed by atoms with Crippen LogP contribution in [0.15, 0.2) is 65.7 Å². The summed E-state index contributed by atoms with van der Waals surface area (Å²) in [6.45, 7) is 1.74. The van der Waals surface area contributed by atoms with Gasteiger partial charge in [-0.05, 0) is 25.1 Å². The molecule has 6 nitrogen and oxygen atoms in total. The van der Waals surface area contributed by atoms with Crippen LogP contribution in [0.3, 0.4) is 0 Å². The van der Waals surface area contributed by atoms with Crippen LogP contribution in [0.5, 0.6) is 0 Å². The number of para-hydroxylation sites is 3. The molecule has 25 heavy (non-hydrogen) atoms. The van der Waals surface area contributed by atoms with E-state index in [9.17, 15) is 14.9 Å². The Bertz CT molecular complexity index is 946. The summed E-state index contributed by atoms with van der Waals surface area (Å²) in [6, 6.07) is 17.6. The molecule has 0 aliphatic carbocycles. The lowest BCUT2D eigenvalue weighted by Crippen LogP contribution is -2.23. The van der Waals surface area contributed by atoms with Crippen molar-refractivity contribution in [2.45, 2.75) is 17.2 Å². The summed E-state index contributed by atoms with van der Waals surface area (Å²) in [4.78, 5) is 27.4. The predicted octanol–water partition coefficient (Wildman–Crippen LogP) is 4.26. The van der Waals surface area contributed by atoms with Gasteiger partial charge in [0.15, 0.2) is 0 Å². The van der Waals surface area contributed by atoms with Gasteiger partial charge in [0.2, 0.25) is 5.91 Å². The van der Waals surface area contributed by atoms with Crippen molar-refractivity contribution in [1.82, 2.24) is 4.98 Å². The second kappa shape index (κ2) is 7.31. The summed E-state index contributed by atoms with van der Waals surface area (Å²) in [5.41, 5.74) is 0.923. The number of pyridine rings is 1. The average Bonchev–Trinajstić information content (AvgIpc) is 2.61. The van der Waals surface area contributed by atoms with Crippen LogP contribution in [0.25, 0.3) is 10.9 Å². The fourth-order valence-corrected chi connectivity index (χ4v) is 3.15. The number of nitro benzene ring substituents is 1. The molecule has 1 unspecified atom stereocenters. The lowest BCUT2D eigenvalue weighted by molar-refractivity contribution is -0.383. The Hall–Kier alpha value is -2.93. The smallest absolute Gasteiger partial charge is 0.292 e. The number of anilines is 1. The number of fused-ring (bicyclic) bond motifs is 1. The van der Waals surface area contributed by atoms with Crippen LogP contribution in [-0.2, 0) is 4.79 Å². The van der Waals surface area contributed by atoms with Gasteiger partial charge in [0.05, 0.1) is 20.7 Å². The topological polar surface area (TPSA) is 85.1 Å². The third-order valence-electron chi connectivity index (χ3n) is 3.60. The van der Waals surface area contributed by atoms with Crippen LogP contribution in [0.2, 0.25) is 0 Å². The Morgan fingerprint density at radius 2 is 1.84 bits per heavy atom. The summed E-state index contributed by atoms with van der Waals surface area (Å²) in [7, 11) is 0. The maximum Gasteiger partial charge on any atom is 0.292 e. The van der Waals surface area contributed by atoms with E-state index in [0.717, 1.165) is 15.9 Å². The number of carbonyl (C=O) groups is 1. The van der Waals surface area contributed by atoms with E-state index in [0.29, 0.717) is 0 Å². The van der Waals surface area contributed by atoms with Crippen LogP contribution in [0.1, 0.15) is 6.92 Å². The van der Waals surface area contributed by atoms with Gasteiger partial charge in [0.25, 0.3) is 5.69 Å². The second-order valence-electron chi connectivity index (χ2n) is 5.37. The summed E-state index contributed by atoms with van der Waals surface area (Å²) < 4.78 is 0. The molecule has 0 aliphatic rings. The van der Waals surface area contributed by atoms with E-state index >= 15 is 0 Å². The van der Waals surface area contributed by atoms with E-state index in [2.05, 4.69) is 10.3 Å². The van der Waals surface area contributed by atoms with Gasteiger partial charge in [-0.2, -0.15) is 0 Å². The van der Waals surface area contributed by atoms with Crippen molar-refractivity contribution >= 4 is 39.9 Å². The first kappa shape index (κ1) is 16.9. The Balaban J connectivity index is 1.73. The summed E-state index contributed by atoms with van der Waals surface area (Å²) in [6.07, 6.45) is 0. The zero-order chi connectivity index (χ0) is 17.8. The van der Waals surface area contributed by atoms with Gasteiger partial charge >= 0.3 is 0 Å². The van der Waals surface area contributed by atoms with Gasteiger partial charge in [-0.3, -0.25) is 14.9 Å². The molecular weight excluding hydrogens is 338 g/mol. The Kier molecular flexibility index (Phi) is 4.95. The summed E-state index contributed by atoms with van der Waals surface area (Å²) in [5, 5.41) is 15.0. The van der Waals surface area contributed by atoms with Crippen molar-refractivity contribution in [3.05, 3.63) is 70.8 Å². The molecule has 0 fully saturated rings. The summed E-state index contributed by atoms with van der Waals surface area (Å²) in [5.74, 6) is -0.311. The van der Waals surface area contributed by atoms with E-state index in [1.807, 2.05) is 36.4 Å². The average molecular weight is 353 g/mol. The van der Waals surface area contributed by atoms with E-state index in [-0.39, 0.29) is 17.3 Å². The Labute approximate surface area is 148 Å². The fourth-order valence-electron chi connectivity index (χ4n) is 2.32. The highest BCUT2D eigenvalue weighted by molar-refractivity contribution is 8.00. The number of hydrogen-bond acceptors (Lipinski definition) is 5. The lowest BCUT2D eigenvalue weighted by Gasteiger charge is -2.12. The maximum absolute atomic E-state index is 12.4. The van der Waals surface area contributed by atoms with Crippen LogP contribution >= 0.6 is 11.8 Å². The third-order valence-corrected chi connectivity index (χ3v) is 4.63. The largest absolute Gasteiger partial charge is 0.319 e. The first-order valence-electron chi connectivity index (χ1n) is 7.61. The van der Waals surface area contributed by atoms with Crippen molar-refractivity contribution in [3.8, 4) is 0 Å². The monoisotopic (exact) mass is 353 g/mol. The van der Waals surface area contributed by atoms with E-state index in [1.54, 1.807) is 19.1 Å². The van der Waals surface area contributed by atoms with Gasteiger partial charge in [0, 0.05) is 11.5 Å². The maximum atomic E-state index is 12.4. The molecule has 3 aromatic rings. The van der Waals surface area contributed by atoms with Gasteiger partial charge in [-0.15, -0.1) is 0 Å². The highest BCUT2D eigenvalue weighted by Gasteiger charge is 2.20. The van der Waals surface area contributed by atoms with Crippen LogP contribution in [0.4, 0.5) is 11.4 Å². The van der Waals surface area contributed by atoms with Gasteiger partial charge in [-0.25, -0.2) is 4.98 Å². The van der Waals surface area contributed by atoms with Gasteiger partial charge in [0.1, 0.15) is 5.69 Å². The molecule has 126 valence electrons. The molecule has 7 heteroatoms. The Morgan fingerprint density at radius 3 is 2.64 bits per heavy atom. The van der Waals surface area contributed by atoms with Crippen LogP contribution in [0, 0.1) is 10.1 Å². The van der Waals surface area contributed by atoms with Gasteiger partial charge < -0.3 is 5.32 Å². The normalized spacial score (nSPS) is 11.9. The molecule has 1 aromatic heterocycles. The van der Waals surface area contributed by atoms with Crippen molar-refractivity contribution in [1.29, 1.82) is 0 Å². The molecule has 0 radical (unpaired) electrons. The number of aromatic nitrogens is 1. The van der Waals surface area contributed by atoms with E-state index < -0.39 is 10.2 Å². The van der Waals surface area contributed by atoms with Gasteiger partial charge in [-0.1, -0.05) is 48.2 Å². The molecule has 3 rings (SSSR count).